The molecule has 2 aromatic carbocycles. The number of fused-ring (bicyclic) bond motifs is 1. The van der Waals surface area contributed by atoms with Crippen LogP contribution in [0.3, 0.4) is 0 Å². The number of amides is 1. The molecule has 7 heteroatoms. The first-order chi connectivity index (χ1) is 12.9. The van der Waals surface area contributed by atoms with Crippen LogP contribution in [0, 0.1) is 6.92 Å². The Bertz CT molecular complexity index is 1090. The summed E-state index contributed by atoms with van der Waals surface area (Å²) in [4.78, 5) is 16.7. The Morgan fingerprint density at radius 1 is 1.11 bits per heavy atom. The zero-order chi connectivity index (χ0) is 19.4. The zero-order valence-corrected chi connectivity index (χ0v) is 16.0. The number of nitrogens with one attached hydrogen (secondary N) is 2. The molecule has 3 rings (SSSR count). The number of sulfonamides is 1. The van der Waals surface area contributed by atoms with Crippen molar-refractivity contribution in [1.82, 2.24) is 10.3 Å². The van der Waals surface area contributed by atoms with E-state index in [0.29, 0.717) is 12.1 Å². The van der Waals surface area contributed by atoms with Crippen LogP contribution in [0.4, 0.5) is 5.69 Å². The maximum absolute atomic E-state index is 13.0. The molecule has 3 aromatic rings. The minimum absolute atomic E-state index is 0.0729. The molecule has 0 aliphatic rings. The standard InChI is InChI=1S/C20H21N3O3S/c1-3-11-21-20(24)16-8-4-5-9-17(16)23-27(25,26)18-10-6-7-15-12-14(2)13-22-19(15)18/h4-10,12-13,23H,3,11H2,1-2H3,(H,21,24). The number of aromatic nitrogens is 1. The summed E-state index contributed by atoms with van der Waals surface area (Å²) in [5.74, 6) is -0.318. The Hall–Kier alpha value is -2.93. The highest BCUT2D eigenvalue weighted by atomic mass is 32.2. The van der Waals surface area contributed by atoms with Crippen LogP contribution in [0.2, 0.25) is 0 Å². The van der Waals surface area contributed by atoms with Crippen LogP contribution >= 0.6 is 0 Å². The van der Waals surface area contributed by atoms with E-state index in [9.17, 15) is 13.2 Å². The van der Waals surface area contributed by atoms with E-state index < -0.39 is 10.0 Å². The largest absolute Gasteiger partial charge is 0.352 e. The van der Waals surface area contributed by atoms with Gasteiger partial charge >= 0.3 is 0 Å². The van der Waals surface area contributed by atoms with Crippen LogP contribution in [0.15, 0.2) is 59.6 Å². The van der Waals surface area contributed by atoms with Gasteiger partial charge in [0.15, 0.2) is 0 Å². The lowest BCUT2D eigenvalue weighted by atomic mass is 10.1. The van der Waals surface area contributed by atoms with E-state index in [1.165, 1.54) is 6.07 Å². The molecule has 1 amide bonds. The van der Waals surface area contributed by atoms with Crippen molar-refractivity contribution in [2.75, 3.05) is 11.3 Å². The molecule has 140 valence electrons. The van der Waals surface area contributed by atoms with Crippen molar-refractivity contribution < 1.29 is 13.2 Å². The van der Waals surface area contributed by atoms with Crippen LogP contribution in [-0.4, -0.2) is 25.9 Å². The highest BCUT2D eigenvalue weighted by molar-refractivity contribution is 7.93. The zero-order valence-electron chi connectivity index (χ0n) is 15.2. The van der Waals surface area contributed by atoms with Crippen molar-refractivity contribution in [3.63, 3.8) is 0 Å². The van der Waals surface area contributed by atoms with Gasteiger partial charge in [-0.05, 0) is 43.2 Å². The number of benzene rings is 2. The maximum Gasteiger partial charge on any atom is 0.264 e. The monoisotopic (exact) mass is 383 g/mol. The molecule has 0 fully saturated rings. The number of hydrogen-bond acceptors (Lipinski definition) is 4. The minimum atomic E-state index is -3.92. The quantitative estimate of drug-likeness (QED) is 0.682. The Balaban J connectivity index is 2.00. The summed E-state index contributed by atoms with van der Waals surface area (Å²) in [6, 6.07) is 13.4. The van der Waals surface area contributed by atoms with Crippen molar-refractivity contribution in [1.29, 1.82) is 0 Å². The van der Waals surface area contributed by atoms with Gasteiger partial charge in [-0.2, -0.15) is 0 Å². The Morgan fingerprint density at radius 2 is 1.89 bits per heavy atom. The molecule has 0 saturated heterocycles. The van der Waals surface area contributed by atoms with Gasteiger partial charge in [0.05, 0.1) is 16.8 Å². The molecule has 0 atom stereocenters. The lowest BCUT2D eigenvalue weighted by molar-refractivity contribution is 0.0954. The molecule has 2 N–H and O–H groups in total. The highest BCUT2D eigenvalue weighted by Gasteiger charge is 2.21. The SMILES string of the molecule is CCCNC(=O)c1ccccc1NS(=O)(=O)c1cccc2cc(C)cnc12. The van der Waals surface area contributed by atoms with E-state index in [-0.39, 0.29) is 22.1 Å². The van der Waals surface area contributed by atoms with Crippen LogP contribution in [0.5, 0.6) is 0 Å². The fraction of sp³-hybridized carbons (Fsp3) is 0.200. The van der Waals surface area contributed by atoms with Crippen LogP contribution in [0.1, 0.15) is 29.3 Å². The fourth-order valence-corrected chi connectivity index (χ4v) is 4.02. The summed E-state index contributed by atoms with van der Waals surface area (Å²) in [5.41, 5.74) is 1.85. The summed E-state index contributed by atoms with van der Waals surface area (Å²) in [5, 5.41) is 3.51. The molecule has 0 saturated carbocycles. The van der Waals surface area contributed by atoms with E-state index in [1.807, 2.05) is 26.0 Å². The third kappa shape index (κ3) is 4.09. The van der Waals surface area contributed by atoms with Crippen molar-refractivity contribution in [3.8, 4) is 0 Å². The van der Waals surface area contributed by atoms with Gasteiger partial charge < -0.3 is 5.32 Å². The summed E-state index contributed by atoms with van der Waals surface area (Å²) in [6.45, 7) is 4.37. The van der Waals surface area contributed by atoms with Crippen LogP contribution < -0.4 is 10.0 Å². The van der Waals surface area contributed by atoms with Gasteiger partial charge in [0.2, 0.25) is 0 Å². The Labute approximate surface area is 158 Å². The third-order valence-electron chi connectivity index (χ3n) is 4.05. The van der Waals surface area contributed by atoms with Gasteiger partial charge in [0, 0.05) is 18.1 Å². The molecular formula is C20H21N3O3S. The molecule has 0 aliphatic heterocycles. The van der Waals surface area contributed by atoms with E-state index in [4.69, 9.17) is 0 Å². The molecule has 0 unspecified atom stereocenters. The summed E-state index contributed by atoms with van der Waals surface area (Å²) in [6.07, 6.45) is 2.42. The van der Waals surface area contributed by atoms with E-state index in [1.54, 1.807) is 36.5 Å². The average molecular weight is 383 g/mol. The molecular weight excluding hydrogens is 362 g/mol. The van der Waals surface area contributed by atoms with E-state index in [0.717, 1.165) is 17.4 Å². The number of anilines is 1. The van der Waals surface area contributed by atoms with Crippen molar-refractivity contribution >= 4 is 32.5 Å². The van der Waals surface area contributed by atoms with E-state index >= 15 is 0 Å². The predicted octanol–water partition coefficient (Wildman–Crippen LogP) is 3.48. The van der Waals surface area contributed by atoms with Crippen molar-refractivity contribution in [2.24, 2.45) is 0 Å². The number of rotatable bonds is 6. The number of hydrogen-bond donors (Lipinski definition) is 2. The average Bonchev–Trinajstić information content (AvgIpc) is 2.65. The third-order valence-corrected chi connectivity index (χ3v) is 5.45. The fourth-order valence-electron chi connectivity index (χ4n) is 2.76. The lowest BCUT2D eigenvalue weighted by Crippen LogP contribution is -2.26. The normalized spacial score (nSPS) is 11.3. The van der Waals surface area contributed by atoms with Gasteiger partial charge in [-0.15, -0.1) is 0 Å². The first-order valence-electron chi connectivity index (χ1n) is 8.68. The van der Waals surface area contributed by atoms with Gasteiger partial charge in [-0.1, -0.05) is 31.2 Å². The van der Waals surface area contributed by atoms with Gasteiger partial charge in [0.1, 0.15) is 4.90 Å². The molecule has 1 heterocycles. The Kier molecular flexibility index (Phi) is 5.41. The second-order valence-electron chi connectivity index (χ2n) is 6.25. The molecule has 0 aliphatic carbocycles. The smallest absolute Gasteiger partial charge is 0.264 e. The summed E-state index contributed by atoms with van der Waals surface area (Å²) < 4.78 is 28.6. The molecule has 27 heavy (non-hydrogen) atoms. The number of nitrogens with zero attached hydrogens (tertiary/aromatic N) is 1. The maximum atomic E-state index is 13.0. The molecule has 0 spiro atoms. The molecule has 0 bridgehead atoms. The highest BCUT2D eigenvalue weighted by Crippen LogP contribution is 2.25. The summed E-state index contributed by atoms with van der Waals surface area (Å²) in [7, 11) is -3.92. The van der Waals surface area contributed by atoms with Crippen molar-refractivity contribution in [3.05, 3.63) is 65.9 Å². The number of carbonyl (C=O) groups is 1. The minimum Gasteiger partial charge on any atom is -0.352 e. The summed E-state index contributed by atoms with van der Waals surface area (Å²) >= 11 is 0. The van der Waals surface area contributed by atoms with Crippen LogP contribution in [-0.2, 0) is 10.0 Å². The second kappa shape index (κ2) is 7.75. The van der Waals surface area contributed by atoms with Gasteiger partial charge in [0.25, 0.3) is 15.9 Å². The van der Waals surface area contributed by atoms with Crippen LogP contribution in [0.25, 0.3) is 10.9 Å². The number of aryl methyl sites for hydroxylation is 1. The van der Waals surface area contributed by atoms with Crippen molar-refractivity contribution in [2.45, 2.75) is 25.2 Å². The lowest BCUT2D eigenvalue weighted by Gasteiger charge is -2.13. The number of pyridine rings is 1. The van der Waals surface area contributed by atoms with Gasteiger partial charge in [-0.3, -0.25) is 14.5 Å². The number of para-hydroxylation sites is 2. The first-order valence-corrected chi connectivity index (χ1v) is 10.2. The topological polar surface area (TPSA) is 88.2 Å². The first kappa shape index (κ1) is 18.8. The molecule has 0 radical (unpaired) electrons. The predicted molar refractivity (Wildman–Crippen MR) is 106 cm³/mol. The van der Waals surface area contributed by atoms with Gasteiger partial charge in [-0.25, -0.2) is 8.42 Å². The second-order valence-corrected chi connectivity index (χ2v) is 7.90. The molecule has 6 nitrogen and oxygen atoms in total. The Morgan fingerprint density at radius 3 is 2.67 bits per heavy atom. The number of carbonyl (C=O) groups excluding carboxylic acids is 1. The van der Waals surface area contributed by atoms with E-state index in [2.05, 4.69) is 15.0 Å². The molecule has 1 aromatic heterocycles.